The summed E-state index contributed by atoms with van der Waals surface area (Å²) in [5.41, 5.74) is 0. The Labute approximate surface area is 164 Å². The van der Waals surface area contributed by atoms with E-state index >= 15 is 0 Å². The van der Waals surface area contributed by atoms with E-state index in [1.807, 2.05) is 19.9 Å². The maximum atomic E-state index is 12.0. The van der Waals surface area contributed by atoms with Gasteiger partial charge in [-0.2, -0.15) is 0 Å². The Morgan fingerprint density at radius 2 is 2.15 bits per heavy atom. The van der Waals surface area contributed by atoms with Crippen molar-refractivity contribution >= 4 is 51.4 Å². The minimum Gasteiger partial charge on any atom is -0.480 e. The molecule has 7 nitrogen and oxygen atoms in total. The number of hydrogen-bond acceptors (Lipinski definition) is 8. The van der Waals surface area contributed by atoms with Crippen LogP contribution in [0.5, 0.6) is 0 Å². The van der Waals surface area contributed by atoms with E-state index in [2.05, 4.69) is 32.3 Å². The van der Waals surface area contributed by atoms with Crippen molar-refractivity contribution in [1.29, 1.82) is 0 Å². The monoisotopic (exact) mass is 414 g/mol. The maximum absolute atomic E-state index is 12.0. The molecule has 0 unspecified atom stereocenters. The van der Waals surface area contributed by atoms with Gasteiger partial charge in [0.2, 0.25) is 11.0 Å². The largest absolute Gasteiger partial charge is 0.480 e. The summed E-state index contributed by atoms with van der Waals surface area (Å²) in [5, 5.41) is 25.8. The Morgan fingerprint density at radius 1 is 1.35 bits per heavy atom. The first-order valence-electron chi connectivity index (χ1n) is 8.18. The van der Waals surface area contributed by atoms with Gasteiger partial charge in [-0.1, -0.05) is 43.0 Å². The highest BCUT2D eigenvalue weighted by molar-refractivity contribution is 8.01. The van der Waals surface area contributed by atoms with Crippen molar-refractivity contribution in [3.05, 3.63) is 22.4 Å². The van der Waals surface area contributed by atoms with Crippen LogP contribution in [0.25, 0.3) is 0 Å². The number of aliphatic carboxylic acids is 1. The predicted molar refractivity (Wildman–Crippen MR) is 106 cm³/mol. The number of aromatic nitrogens is 2. The Hall–Kier alpha value is -1.65. The average Bonchev–Trinajstić information content (AvgIpc) is 3.24. The van der Waals surface area contributed by atoms with Gasteiger partial charge in [-0.15, -0.1) is 21.5 Å². The smallest absolute Gasteiger partial charge is 0.326 e. The molecule has 0 aromatic carbocycles. The fourth-order valence-corrected chi connectivity index (χ4v) is 4.44. The minimum absolute atomic E-state index is 0.117. The van der Waals surface area contributed by atoms with Crippen molar-refractivity contribution < 1.29 is 14.7 Å². The lowest BCUT2D eigenvalue weighted by atomic mass is 10.0. The summed E-state index contributed by atoms with van der Waals surface area (Å²) >= 11 is 4.36. The fourth-order valence-electron chi connectivity index (χ4n) is 2.14. The number of anilines is 1. The zero-order chi connectivity index (χ0) is 18.9. The standard InChI is InChI=1S/C16H22N4O3S3/c1-10(2)8-12(14(22)23)18-13(21)9-25-16-20-19-15(26-16)17-6-5-11-4-3-7-24-11/h3-4,7,10,12H,5-6,8-9H2,1-2H3,(H,17,19)(H,18,21)(H,22,23)/t12-/m1/s1. The molecule has 0 saturated carbocycles. The predicted octanol–water partition coefficient (Wildman–Crippen LogP) is 2.96. The molecule has 2 aromatic rings. The van der Waals surface area contributed by atoms with Crippen LogP contribution in [0.4, 0.5) is 5.13 Å². The first-order chi connectivity index (χ1) is 12.4. The molecule has 0 saturated heterocycles. The third-order valence-electron chi connectivity index (χ3n) is 3.30. The van der Waals surface area contributed by atoms with E-state index < -0.39 is 12.0 Å². The van der Waals surface area contributed by atoms with E-state index in [1.54, 1.807) is 11.3 Å². The van der Waals surface area contributed by atoms with Crippen molar-refractivity contribution in [2.24, 2.45) is 5.92 Å². The van der Waals surface area contributed by atoms with E-state index in [9.17, 15) is 9.59 Å². The maximum Gasteiger partial charge on any atom is 0.326 e. The molecule has 1 atom stereocenters. The number of amides is 1. The van der Waals surface area contributed by atoms with Crippen LogP contribution in [0, 0.1) is 5.92 Å². The molecule has 26 heavy (non-hydrogen) atoms. The number of carbonyl (C=O) groups is 2. The second-order valence-electron chi connectivity index (χ2n) is 6.01. The van der Waals surface area contributed by atoms with Gasteiger partial charge in [0.25, 0.3) is 0 Å². The van der Waals surface area contributed by atoms with Crippen molar-refractivity contribution in [3.63, 3.8) is 0 Å². The highest BCUT2D eigenvalue weighted by Gasteiger charge is 2.21. The van der Waals surface area contributed by atoms with Crippen molar-refractivity contribution in [1.82, 2.24) is 15.5 Å². The topological polar surface area (TPSA) is 104 Å². The lowest BCUT2D eigenvalue weighted by molar-refractivity contribution is -0.141. The first kappa shape index (κ1) is 20.7. The molecular weight excluding hydrogens is 392 g/mol. The summed E-state index contributed by atoms with van der Waals surface area (Å²) in [6.07, 6.45) is 1.33. The molecule has 2 rings (SSSR count). The average molecular weight is 415 g/mol. The number of thiophene rings is 1. The number of carbonyl (C=O) groups excluding carboxylic acids is 1. The summed E-state index contributed by atoms with van der Waals surface area (Å²) in [6.45, 7) is 4.62. The van der Waals surface area contributed by atoms with Gasteiger partial charge in [-0.25, -0.2) is 4.79 Å². The van der Waals surface area contributed by atoms with Crippen LogP contribution in [-0.4, -0.2) is 45.5 Å². The van der Waals surface area contributed by atoms with Gasteiger partial charge in [0, 0.05) is 11.4 Å². The van der Waals surface area contributed by atoms with Crippen molar-refractivity contribution in [2.75, 3.05) is 17.6 Å². The summed E-state index contributed by atoms with van der Waals surface area (Å²) < 4.78 is 0.675. The molecule has 142 valence electrons. The van der Waals surface area contributed by atoms with Gasteiger partial charge in [0.1, 0.15) is 6.04 Å². The van der Waals surface area contributed by atoms with Gasteiger partial charge in [0.05, 0.1) is 5.75 Å². The van der Waals surface area contributed by atoms with Gasteiger partial charge >= 0.3 is 5.97 Å². The van der Waals surface area contributed by atoms with Crippen molar-refractivity contribution in [3.8, 4) is 0 Å². The highest BCUT2D eigenvalue weighted by atomic mass is 32.2. The summed E-state index contributed by atoms with van der Waals surface area (Å²) in [7, 11) is 0. The zero-order valence-electron chi connectivity index (χ0n) is 14.6. The van der Waals surface area contributed by atoms with E-state index in [0.717, 1.165) is 13.0 Å². The number of thioether (sulfide) groups is 1. The molecule has 0 aliphatic heterocycles. The van der Waals surface area contributed by atoms with Crippen LogP contribution in [0.3, 0.4) is 0 Å². The Balaban J connectivity index is 1.72. The molecule has 0 fully saturated rings. The quantitative estimate of drug-likeness (QED) is 0.486. The van der Waals surface area contributed by atoms with Crippen LogP contribution in [-0.2, 0) is 16.0 Å². The first-order valence-corrected chi connectivity index (χ1v) is 10.9. The van der Waals surface area contributed by atoms with E-state index in [4.69, 9.17) is 5.11 Å². The van der Waals surface area contributed by atoms with Crippen LogP contribution in [0.1, 0.15) is 25.1 Å². The second kappa shape index (κ2) is 10.5. The molecule has 3 N–H and O–H groups in total. The van der Waals surface area contributed by atoms with Crippen LogP contribution in [0.2, 0.25) is 0 Å². The number of carboxylic acid groups (broad SMARTS) is 1. The minimum atomic E-state index is -1.01. The number of carboxylic acids is 1. The highest BCUT2D eigenvalue weighted by Crippen LogP contribution is 2.25. The number of nitrogens with one attached hydrogen (secondary N) is 2. The molecule has 1 amide bonds. The van der Waals surface area contributed by atoms with Gasteiger partial charge in [0.15, 0.2) is 4.34 Å². The molecule has 10 heteroatoms. The van der Waals surface area contributed by atoms with Crippen molar-refractivity contribution in [2.45, 2.75) is 37.1 Å². The lowest BCUT2D eigenvalue weighted by Gasteiger charge is -2.16. The summed E-state index contributed by atoms with van der Waals surface area (Å²) in [4.78, 5) is 24.5. The third-order valence-corrected chi connectivity index (χ3v) is 6.25. The molecule has 0 aliphatic rings. The molecule has 0 radical (unpaired) electrons. The van der Waals surface area contributed by atoms with Crippen LogP contribution < -0.4 is 10.6 Å². The molecule has 0 bridgehead atoms. The molecular formula is C16H22N4O3S3. The van der Waals surface area contributed by atoms with Crippen LogP contribution in [0.15, 0.2) is 21.9 Å². The number of hydrogen-bond donors (Lipinski definition) is 3. The Morgan fingerprint density at radius 3 is 2.81 bits per heavy atom. The van der Waals surface area contributed by atoms with Crippen LogP contribution >= 0.6 is 34.4 Å². The zero-order valence-corrected chi connectivity index (χ0v) is 17.0. The van der Waals surface area contributed by atoms with E-state index in [1.165, 1.54) is 28.0 Å². The lowest BCUT2D eigenvalue weighted by Crippen LogP contribution is -2.42. The summed E-state index contributed by atoms with van der Waals surface area (Å²) in [5.74, 6) is -1.02. The summed E-state index contributed by atoms with van der Waals surface area (Å²) in [6, 6.07) is 3.27. The molecule has 2 aromatic heterocycles. The third kappa shape index (κ3) is 7.30. The van der Waals surface area contributed by atoms with Gasteiger partial charge in [-0.05, 0) is 30.2 Å². The number of rotatable bonds is 11. The van der Waals surface area contributed by atoms with E-state index in [0.29, 0.717) is 15.9 Å². The normalized spacial score (nSPS) is 12.1. The fraction of sp³-hybridized carbons (Fsp3) is 0.500. The SMILES string of the molecule is CC(C)C[C@@H](NC(=O)CSc1nnc(NCCc2cccs2)s1)C(=O)O. The second-order valence-corrected chi connectivity index (χ2v) is 9.24. The molecule has 0 spiro atoms. The van der Waals surface area contributed by atoms with Gasteiger partial charge < -0.3 is 15.7 Å². The Bertz CT molecular complexity index is 703. The molecule has 0 aliphatic carbocycles. The van der Waals surface area contributed by atoms with Gasteiger partial charge in [-0.3, -0.25) is 4.79 Å². The number of nitrogens with zero attached hydrogens (tertiary/aromatic N) is 2. The Kier molecular flexibility index (Phi) is 8.33. The van der Waals surface area contributed by atoms with E-state index in [-0.39, 0.29) is 17.6 Å². The molecule has 2 heterocycles.